The van der Waals surface area contributed by atoms with E-state index in [4.69, 9.17) is 10.4 Å². The molecule has 0 aromatic rings. The molecule has 0 radical (unpaired) electrons. The summed E-state index contributed by atoms with van der Waals surface area (Å²) in [6.45, 7) is 2.23. The minimum atomic E-state index is -3.25. The lowest BCUT2D eigenvalue weighted by Gasteiger charge is -2.26. The van der Waals surface area contributed by atoms with Crippen molar-refractivity contribution >= 4 is 7.52 Å². The Kier molecular flexibility index (Phi) is 3.33. The maximum absolute atomic E-state index is 10.9. The SMILES string of the molecule is CC1CCC(CP(N)(=O)O)CC1. The Morgan fingerprint density at radius 2 is 1.92 bits per heavy atom. The highest BCUT2D eigenvalue weighted by atomic mass is 31.2. The summed E-state index contributed by atoms with van der Waals surface area (Å²) < 4.78 is 10.9. The monoisotopic (exact) mass is 191 g/mol. The maximum Gasteiger partial charge on any atom is 0.264 e. The van der Waals surface area contributed by atoms with Gasteiger partial charge in [-0.25, -0.2) is 0 Å². The molecule has 0 amide bonds. The quantitative estimate of drug-likeness (QED) is 0.656. The third kappa shape index (κ3) is 3.70. The molecule has 0 aromatic heterocycles. The summed E-state index contributed by atoms with van der Waals surface area (Å²) in [4.78, 5) is 8.97. The summed E-state index contributed by atoms with van der Waals surface area (Å²) >= 11 is 0. The second-order valence-corrected chi connectivity index (χ2v) is 5.94. The Bertz CT molecular complexity index is 181. The van der Waals surface area contributed by atoms with Crippen molar-refractivity contribution in [2.45, 2.75) is 32.6 Å². The van der Waals surface area contributed by atoms with Gasteiger partial charge in [0.2, 0.25) is 0 Å². The molecule has 0 bridgehead atoms. The van der Waals surface area contributed by atoms with E-state index in [2.05, 4.69) is 6.92 Å². The summed E-state index contributed by atoms with van der Waals surface area (Å²) in [5.74, 6) is 1.18. The van der Waals surface area contributed by atoms with Crippen LogP contribution in [0.25, 0.3) is 0 Å². The Morgan fingerprint density at radius 3 is 2.33 bits per heavy atom. The molecule has 1 unspecified atom stereocenters. The van der Waals surface area contributed by atoms with Crippen LogP contribution in [0.1, 0.15) is 32.6 Å². The van der Waals surface area contributed by atoms with Gasteiger partial charge in [-0.2, -0.15) is 0 Å². The van der Waals surface area contributed by atoms with Crippen molar-refractivity contribution in [3.05, 3.63) is 0 Å². The summed E-state index contributed by atoms with van der Waals surface area (Å²) in [6.07, 6.45) is 4.83. The van der Waals surface area contributed by atoms with Crippen molar-refractivity contribution in [3.8, 4) is 0 Å². The van der Waals surface area contributed by atoms with Gasteiger partial charge in [0.25, 0.3) is 7.52 Å². The molecule has 1 aliphatic rings. The first-order valence-electron chi connectivity index (χ1n) is 4.58. The van der Waals surface area contributed by atoms with Crippen molar-refractivity contribution in [1.29, 1.82) is 0 Å². The number of nitrogens with two attached hydrogens (primary N) is 1. The van der Waals surface area contributed by atoms with Crippen molar-refractivity contribution in [2.24, 2.45) is 17.3 Å². The lowest BCUT2D eigenvalue weighted by molar-refractivity contribution is 0.304. The molecule has 72 valence electrons. The smallest absolute Gasteiger partial charge is 0.264 e. The first-order chi connectivity index (χ1) is 5.47. The van der Waals surface area contributed by atoms with E-state index in [1.807, 2.05) is 0 Å². The fourth-order valence-electron chi connectivity index (χ4n) is 1.88. The van der Waals surface area contributed by atoms with Gasteiger partial charge in [0.05, 0.1) is 0 Å². The molecule has 4 heteroatoms. The van der Waals surface area contributed by atoms with Crippen LogP contribution in [0.5, 0.6) is 0 Å². The highest BCUT2D eigenvalue weighted by Crippen LogP contribution is 2.39. The predicted octanol–water partition coefficient (Wildman–Crippen LogP) is 1.96. The van der Waals surface area contributed by atoms with Crippen molar-refractivity contribution in [1.82, 2.24) is 0 Å². The van der Waals surface area contributed by atoms with E-state index in [0.29, 0.717) is 12.1 Å². The largest absolute Gasteiger partial charge is 0.333 e. The van der Waals surface area contributed by atoms with Crippen molar-refractivity contribution < 1.29 is 9.46 Å². The minimum absolute atomic E-state index is 0.319. The molecule has 1 atom stereocenters. The Balaban J connectivity index is 2.31. The van der Waals surface area contributed by atoms with Crippen LogP contribution in [0.2, 0.25) is 0 Å². The van der Waals surface area contributed by atoms with Crippen LogP contribution in [0, 0.1) is 11.8 Å². The van der Waals surface area contributed by atoms with Gasteiger partial charge >= 0.3 is 0 Å². The van der Waals surface area contributed by atoms with Gasteiger partial charge in [-0.1, -0.05) is 19.8 Å². The first kappa shape index (κ1) is 10.2. The summed E-state index contributed by atoms with van der Waals surface area (Å²) in [7, 11) is -3.25. The molecule has 1 aliphatic carbocycles. The fraction of sp³-hybridized carbons (Fsp3) is 1.00. The van der Waals surface area contributed by atoms with Crippen LogP contribution < -0.4 is 5.50 Å². The van der Waals surface area contributed by atoms with Crippen LogP contribution in [-0.2, 0) is 4.57 Å². The van der Waals surface area contributed by atoms with Gasteiger partial charge in [0, 0.05) is 6.16 Å². The molecule has 3 nitrogen and oxygen atoms in total. The van der Waals surface area contributed by atoms with Crippen molar-refractivity contribution in [2.75, 3.05) is 6.16 Å². The standard InChI is InChI=1S/C8H18NO2P/c1-7-2-4-8(5-3-7)6-12(9,10)11/h7-8H,2-6H2,1H3,(H3,9,10,11). The topological polar surface area (TPSA) is 63.3 Å². The van der Waals surface area contributed by atoms with E-state index in [9.17, 15) is 4.57 Å². The fourth-order valence-corrected chi connectivity index (χ4v) is 2.99. The average Bonchev–Trinajstić information content (AvgIpc) is 1.91. The second-order valence-electron chi connectivity index (χ2n) is 4.06. The Morgan fingerprint density at radius 1 is 1.42 bits per heavy atom. The minimum Gasteiger partial charge on any atom is -0.333 e. The molecule has 0 aromatic carbocycles. The van der Waals surface area contributed by atoms with Gasteiger partial charge < -0.3 is 4.89 Å². The van der Waals surface area contributed by atoms with Crippen LogP contribution in [0.4, 0.5) is 0 Å². The number of rotatable bonds is 2. The zero-order chi connectivity index (χ0) is 9.19. The van der Waals surface area contributed by atoms with Gasteiger partial charge in [-0.15, -0.1) is 0 Å². The molecule has 1 fully saturated rings. The average molecular weight is 191 g/mol. The lowest BCUT2D eigenvalue weighted by atomic mass is 9.84. The van der Waals surface area contributed by atoms with Gasteiger partial charge in [-0.05, 0) is 24.7 Å². The van der Waals surface area contributed by atoms with E-state index in [-0.39, 0.29) is 0 Å². The first-order valence-corrected chi connectivity index (χ1v) is 6.49. The van der Waals surface area contributed by atoms with Gasteiger partial charge in [-0.3, -0.25) is 10.1 Å². The lowest BCUT2D eigenvalue weighted by Crippen LogP contribution is -2.17. The highest BCUT2D eigenvalue weighted by molar-refractivity contribution is 7.55. The molecule has 0 spiro atoms. The van der Waals surface area contributed by atoms with E-state index in [0.717, 1.165) is 18.8 Å². The summed E-state index contributed by atoms with van der Waals surface area (Å²) in [5.41, 5.74) is 5.11. The Hall–Kier alpha value is 0.150. The normalized spacial score (nSPS) is 35.9. The predicted molar refractivity (Wildman–Crippen MR) is 50.0 cm³/mol. The maximum atomic E-state index is 10.9. The summed E-state index contributed by atoms with van der Waals surface area (Å²) in [5, 5.41) is 0. The third-order valence-corrected chi connectivity index (χ3v) is 3.69. The van der Waals surface area contributed by atoms with Crippen molar-refractivity contribution in [3.63, 3.8) is 0 Å². The van der Waals surface area contributed by atoms with Crippen LogP contribution in [-0.4, -0.2) is 11.1 Å². The molecule has 0 aliphatic heterocycles. The van der Waals surface area contributed by atoms with E-state index >= 15 is 0 Å². The van der Waals surface area contributed by atoms with E-state index < -0.39 is 7.52 Å². The molecule has 0 heterocycles. The molecule has 3 N–H and O–H groups in total. The number of hydrogen-bond donors (Lipinski definition) is 2. The van der Waals surface area contributed by atoms with E-state index in [1.165, 1.54) is 12.8 Å². The molecule has 1 saturated carbocycles. The third-order valence-electron chi connectivity index (χ3n) is 2.66. The number of hydrogen-bond acceptors (Lipinski definition) is 1. The van der Waals surface area contributed by atoms with Crippen LogP contribution >= 0.6 is 7.52 Å². The van der Waals surface area contributed by atoms with Gasteiger partial charge in [0.1, 0.15) is 0 Å². The second kappa shape index (κ2) is 3.91. The van der Waals surface area contributed by atoms with Crippen LogP contribution in [0.15, 0.2) is 0 Å². The molecular weight excluding hydrogens is 173 g/mol. The van der Waals surface area contributed by atoms with Gasteiger partial charge in [0.15, 0.2) is 0 Å². The summed E-state index contributed by atoms with van der Waals surface area (Å²) in [6, 6.07) is 0. The highest BCUT2D eigenvalue weighted by Gasteiger charge is 2.23. The Labute approximate surface area is 73.9 Å². The zero-order valence-electron chi connectivity index (χ0n) is 7.57. The van der Waals surface area contributed by atoms with E-state index in [1.54, 1.807) is 0 Å². The molecule has 0 saturated heterocycles. The zero-order valence-corrected chi connectivity index (χ0v) is 8.46. The molecule has 1 rings (SSSR count). The van der Waals surface area contributed by atoms with Crippen LogP contribution in [0.3, 0.4) is 0 Å². The molecular formula is C8H18NO2P. The molecule has 12 heavy (non-hydrogen) atoms.